The molecular formula is C24H32N2O3. The van der Waals surface area contributed by atoms with Gasteiger partial charge in [0.15, 0.2) is 6.10 Å². The van der Waals surface area contributed by atoms with Gasteiger partial charge in [-0.2, -0.15) is 0 Å². The van der Waals surface area contributed by atoms with Gasteiger partial charge >= 0.3 is 0 Å². The Morgan fingerprint density at radius 2 is 1.79 bits per heavy atom. The Hall–Kier alpha value is -2.37. The third kappa shape index (κ3) is 6.05. The highest BCUT2D eigenvalue weighted by atomic mass is 16.5. The summed E-state index contributed by atoms with van der Waals surface area (Å²) in [7, 11) is 0. The molecule has 1 N–H and O–H groups in total. The van der Waals surface area contributed by atoms with Gasteiger partial charge in [-0.3, -0.25) is 9.69 Å². The molecule has 0 aliphatic carbocycles. The number of nitrogens with one attached hydrogen (secondary N) is 1. The van der Waals surface area contributed by atoms with Crippen LogP contribution in [0.2, 0.25) is 0 Å². The lowest BCUT2D eigenvalue weighted by Crippen LogP contribution is -2.37. The number of carbonyl (C=O) groups excluding carboxylic acids is 1. The van der Waals surface area contributed by atoms with Crippen molar-refractivity contribution in [3.05, 3.63) is 64.7 Å². The number of rotatable bonds is 8. The van der Waals surface area contributed by atoms with Crippen LogP contribution in [0.25, 0.3) is 0 Å². The molecule has 5 nitrogen and oxygen atoms in total. The molecule has 1 aliphatic rings. The number of amides is 1. The summed E-state index contributed by atoms with van der Waals surface area (Å²) in [6, 6.07) is 14.4. The molecule has 1 saturated heterocycles. The Morgan fingerprint density at radius 3 is 2.48 bits per heavy atom. The van der Waals surface area contributed by atoms with Crippen molar-refractivity contribution in [2.24, 2.45) is 0 Å². The van der Waals surface area contributed by atoms with Crippen LogP contribution >= 0.6 is 0 Å². The van der Waals surface area contributed by atoms with Gasteiger partial charge in [-0.1, -0.05) is 43.3 Å². The lowest BCUT2D eigenvalue weighted by molar-refractivity contribution is -0.128. The second-order valence-corrected chi connectivity index (χ2v) is 7.64. The van der Waals surface area contributed by atoms with Crippen LogP contribution in [0, 0.1) is 13.8 Å². The first kappa shape index (κ1) is 21.3. The smallest absolute Gasteiger partial charge is 0.261 e. The van der Waals surface area contributed by atoms with Crippen LogP contribution in [0.5, 0.6) is 5.75 Å². The molecule has 29 heavy (non-hydrogen) atoms. The summed E-state index contributed by atoms with van der Waals surface area (Å²) >= 11 is 0. The van der Waals surface area contributed by atoms with Crippen molar-refractivity contribution in [2.75, 3.05) is 26.3 Å². The van der Waals surface area contributed by atoms with E-state index in [0.29, 0.717) is 13.0 Å². The van der Waals surface area contributed by atoms with E-state index in [9.17, 15) is 4.79 Å². The van der Waals surface area contributed by atoms with Crippen molar-refractivity contribution in [2.45, 2.75) is 46.4 Å². The number of ether oxygens (including phenoxy) is 2. The summed E-state index contributed by atoms with van der Waals surface area (Å²) in [5, 5.41) is 3.01. The van der Waals surface area contributed by atoms with Crippen LogP contribution in [0.4, 0.5) is 0 Å². The van der Waals surface area contributed by atoms with Crippen LogP contribution in [-0.2, 0) is 22.6 Å². The molecule has 3 rings (SSSR count). The minimum atomic E-state index is -0.490. The fraction of sp³-hybridized carbons (Fsp3) is 0.458. The van der Waals surface area contributed by atoms with Crippen molar-refractivity contribution < 1.29 is 14.3 Å². The largest absolute Gasteiger partial charge is 0.480 e. The van der Waals surface area contributed by atoms with E-state index in [1.165, 1.54) is 5.56 Å². The van der Waals surface area contributed by atoms with E-state index < -0.39 is 6.10 Å². The average molecular weight is 397 g/mol. The number of benzene rings is 2. The maximum absolute atomic E-state index is 12.6. The number of aryl methyl sites for hydroxylation is 1. The van der Waals surface area contributed by atoms with Crippen molar-refractivity contribution in [1.29, 1.82) is 0 Å². The van der Waals surface area contributed by atoms with Crippen molar-refractivity contribution in [1.82, 2.24) is 10.2 Å². The molecule has 1 fully saturated rings. The van der Waals surface area contributed by atoms with E-state index in [0.717, 1.165) is 55.3 Å². The van der Waals surface area contributed by atoms with Gasteiger partial charge < -0.3 is 14.8 Å². The van der Waals surface area contributed by atoms with E-state index in [2.05, 4.69) is 34.5 Å². The summed E-state index contributed by atoms with van der Waals surface area (Å²) in [6.07, 6.45) is 0.133. The Kier molecular flexibility index (Phi) is 7.67. The molecule has 0 spiro atoms. The Morgan fingerprint density at radius 1 is 1.10 bits per heavy atom. The van der Waals surface area contributed by atoms with Crippen molar-refractivity contribution in [3.8, 4) is 5.75 Å². The fourth-order valence-corrected chi connectivity index (χ4v) is 3.41. The van der Waals surface area contributed by atoms with E-state index in [-0.39, 0.29) is 5.91 Å². The molecule has 1 atom stereocenters. The zero-order valence-corrected chi connectivity index (χ0v) is 17.7. The Bertz CT molecular complexity index is 798. The zero-order valence-electron chi connectivity index (χ0n) is 17.7. The number of carbonyl (C=O) groups is 1. The van der Waals surface area contributed by atoms with Gasteiger partial charge in [0.05, 0.1) is 13.2 Å². The highest BCUT2D eigenvalue weighted by molar-refractivity contribution is 5.81. The second kappa shape index (κ2) is 10.4. The van der Waals surface area contributed by atoms with E-state index >= 15 is 0 Å². The monoisotopic (exact) mass is 396 g/mol. The molecule has 0 radical (unpaired) electrons. The molecule has 0 aromatic heterocycles. The third-order valence-electron chi connectivity index (χ3n) is 5.49. The molecule has 5 heteroatoms. The van der Waals surface area contributed by atoms with Gasteiger partial charge in [0.1, 0.15) is 5.75 Å². The maximum Gasteiger partial charge on any atom is 0.261 e. The third-order valence-corrected chi connectivity index (χ3v) is 5.49. The van der Waals surface area contributed by atoms with Crippen molar-refractivity contribution in [3.63, 3.8) is 0 Å². The van der Waals surface area contributed by atoms with E-state index in [1.807, 2.05) is 39.0 Å². The van der Waals surface area contributed by atoms with Crippen LogP contribution in [0.1, 0.15) is 35.6 Å². The fourth-order valence-electron chi connectivity index (χ4n) is 3.41. The summed E-state index contributed by atoms with van der Waals surface area (Å²) in [5.41, 5.74) is 4.61. The summed E-state index contributed by atoms with van der Waals surface area (Å²) in [5.74, 6) is 0.699. The lowest BCUT2D eigenvalue weighted by Gasteiger charge is -2.26. The predicted molar refractivity (Wildman–Crippen MR) is 115 cm³/mol. The number of morpholine rings is 1. The van der Waals surface area contributed by atoms with Crippen LogP contribution < -0.4 is 10.1 Å². The van der Waals surface area contributed by atoms with Crippen LogP contribution in [0.3, 0.4) is 0 Å². The van der Waals surface area contributed by atoms with E-state index in [1.54, 1.807) is 0 Å². The van der Waals surface area contributed by atoms with Crippen LogP contribution in [0.15, 0.2) is 42.5 Å². The molecule has 0 saturated carbocycles. The number of nitrogens with zero attached hydrogens (tertiary/aromatic N) is 1. The first-order chi connectivity index (χ1) is 14.1. The van der Waals surface area contributed by atoms with Gasteiger partial charge in [0.25, 0.3) is 5.91 Å². The van der Waals surface area contributed by atoms with Crippen LogP contribution in [-0.4, -0.2) is 43.2 Å². The zero-order chi connectivity index (χ0) is 20.6. The second-order valence-electron chi connectivity index (χ2n) is 7.64. The number of hydrogen-bond acceptors (Lipinski definition) is 4. The summed E-state index contributed by atoms with van der Waals surface area (Å²) < 4.78 is 11.4. The Labute approximate surface area is 174 Å². The van der Waals surface area contributed by atoms with Gasteiger partial charge in [-0.05, 0) is 48.6 Å². The molecule has 2 aromatic carbocycles. The molecule has 1 aliphatic heterocycles. The minimum Gasteiger partial charge on any atom is -0.480 e. The first-order valence-electron chi connectivity index (χ1n) is 10.5. The van der Waals surface area contributed by atoms with Gasteiger partial charge in [0.2, 0.25) is 0 Å². The highest BCUT2D eigenvalue weighted by Gasteiger charge is 2.19. The quantitative estimate of drug-likeness (QED) is 0.741. The summed E-state index contributed by atoms with van der Waals surface area (Å²) in [6.45, 7) is 11.1. The molecule has 1 amide bonds. The average Bonchev–Trinajstić information content (AvgIpc) is 2.75. The predicted octanol–water partition coefficient (Wildman–Crippen LogP) is 3.61. The highest BCUT2D eigenvalue weighted by Crippen LogP contribution is 2.22. The minimum absolute atomic E-state index is 0.0780. The van der Waals surface area contributed by atoms with E-state index in [4.69, 9.17) is 9.47 Å². The molecule has 2 aromatic rings. The Balaban J connectivity index is 1.51. The number of hydrogen-bond donors (Lipinski definition) is 1. The molecule has 1 heterocycles. The van der Waals surface area contributed by atoms with Gasteiger partial charge in [0, 0.05) is 26.2 Å². The molecule has 0 bridgehead atoms. The maximum atomic E-state index is 12.6. The van der Waals surface area contributed by atoms with Gasteiger partial charge in [-0.25, -0.2) is 0 Å². The molecular weight excluding hydrogens is 364 g/mol. The molecule has 156 valence electrons. The van der Waals surface area contributed by atoms with Crippen molar-refractivity contribution >= 4 is 5.91 Å². The molecule has 0 unspecified atom stereocenters. The standard InChI is InChI=1S/C24H32N2O3/c1-4-22(29-23-7-5-6-18(2)19(23)3)24(27)25-16-20-8-10-21(11-9-20)17-26-12-14-28-15-13-26/h5-11,22H,4,12-17H2,1-3H3,(H,25,27)/t22-/m0/s1. The lowest BCUT2D eigenvalue weighted by atomic mass is 10.1. The normalized spacial score (nSPS) is 15.7. The topological polar surface area (TPSA) is 50.8 Å². The first-order valence-corrected chi connectivity index (χ1v) is 10.5. The summed E-state index contributed by atoms with van der Waals surface area (Å²) in [4.78, 5) is 15.0. The van der Waals surface area contributed by atoms with Gasteiger partial charge in [-0.15, -0.1) is 0 Å². The SMILES string of the molecule is CC[C@H](Oc1cccc(C)c1C)C(=O)NCc1ccc(CN2CCOCC2)cc1.